The number of likely N-dealkylation sites (tertiary alicyclic amines) is 1. The molecule has 1 fully saturated rings. The molecule has 7 nitrogen and oxygen atoms in total. The van der Waals surface area contributed by atoms with Crippen LogP contribution in [0, 0.1) is 6.92 Å². The zero-order chi connectivity index (χ0) is 17.4. The molecular formula is C17H26N4O3. The Kier molecular flexibility index (Phi) is 6.99. The third-order valence-corrected chi connectivity index (χ3v) is 3.87. The van der Waals surface area contributed by atoms with Crippen LogP contribution >= 0.6 is 0 Å². The Morgan fingerprint density at radius 3 is 2.96 bits per heavy atom. The molecule has 0 aromatic carbocycles. The summed E-state index contributed by atoms with van der Waals surface area (Å²) >= 11 is 0. The van der Waals surface area contributed by atoms with Crippen molar-refractivity contribution in [2.24, 2.45) is 0 Å². The summed E-state index contributed by atoms with van der Waals surface area (Å²) in [5.41, 5.74) is 1.03. The van der Waals surface area contributed by atoms with Gasteiger partial charge in [0.05, 0.1) is 6.10 Å². The van der Waals surface area contributed by atoms with Crippen molar-refractivity contribution in [1.82, 2.24) is 15.2 Å². The molecule has 0 spiro atoms. The number of nitrogens with one attached hydrogen (secondary N) is 2. The van der Waals surface area contributed by atoms with Gasteiger partial charge in [0.15, 0.2) is 0 Å². The van der Waals surface area contributed by atoms with Crippen LogP contribution in [0.5, 0.6) is 0 Å². The third-order valence-electron chi connectivity index (χ3n) is 3.87. The van der Waals surface area contributed by atoms with Crippen molar-refractivity contribution in [3.05, 3.63) is 23.9 Å². The molecule has 2 N–H and O–H groups in total. The van der Waals surface area contributed by atoms with Crippen LogP contribution in [0.4, 0.5) is 10.6 Å². The lowest BCUT2D eigenvalue weighted by Gasteiger charge is -2.32. The summed E-state index contributed by atoms with van der Waals surface area (Å²) in [6.07, 6.45) is 3.96. The fourth-order valence-corrected chi connectivity index (χ4v) is 2.64. The molecule has 0 saturated carbocycles. The quantitative estimate of drug-likeness (QED) is 0.832. The average molecular weight is 334 g/mol. The molecule has 7 heteroatoms. The predicted molar refractivity (Wildman–Crippen MR) is 91.8 cm³/mol. The van der Waals surface area contributed by atoms with Crippen molar-refractivity contribution in [3.8, 4) is 0 Å². The van der Waals surface area contributed by atoms with Gasteiger partial charge in [-0.3, -0.25) is 4.79 Å². The summed E-state index contributed by atoms with van der Waals surface area (Å²) in [7, 11) is 0. The highest BCUT2D eigenvalue weighted by Gasteiger charge is 2.23. The maximum Gasteiger partial charge on any atom is 0.317 e. The van der Waals surface area contributed by atoms with Gasteiger partial charge in [0, 0.05) is 38.9 Å². The first-order valence-electron chi connectivity index (χ1n) is 8.45. The first kappa shape index (κ1) is 18.2. The highest BCUT2D eigenvalue weighted by atomic mass is 16.5. The zero-order valence-electron chi connectivity index (χ0n) is 14.4. The summed E-state index contributed by atoms with van der Waals surface area (Å²) < 4.78 is 5.59. The highest BCUT2D eigenvalue weighted by Crippen LogP contribution is 2.13. The molecule has 2 rings (SSSR count). The highest BCUT2D eigenvalue weighted by molar-refractivity contribution is 5.90. The fourth-order valence-electron chi connectivity index (χ4n) is 2.64. The molecular weight excluding hydrogens is 308 g/mol. The number of nitrogens with zero attached hydrogens (tertiary/aromatic N) is 2. The van der Waals surface area contributed by atoms with E-state index in [1.54, 1.807) is 17.2 Å². The minimum absolute atomic E-state index is 0.116. The van der Waals surface area contributed by atoms with E-state index in [1.165, 1.54) is 0 Å². The van der Waals surface area contributed by atoms with Crippen LogP contribution in [0.3, 0.4) is 0 Å². The Morgan fingerprint density at radius 1 is 1.42 bits per heavy atom. The number of rotatable bonds is 6. The van der Waals surface area contributed by atoms with Gasteiger partial charge >= 0.3 is 6.03 Å². The van der Waals surface area contributed by atoms with Crippen molar-refractivity contribution in [1.29, 1.82) is 0 Å². The molecule has 0 unspecified atom stereocenters. The van der Waals surface area contributed by atoms with Crippen molar-refractivity contribution in [3.63, 3.8) is 0 Å². The summed E-state index contributed by atoms with van der Waals surface area (Å²) in [6.45, 7) is 6.19. The molecule has 1 atom stereocenters. The molecule has 1 aromatic rings. The Bertz CT molecular complexity index is 545. The maximum atomic E-state index is 12.1. The van der Waals surface area contributed by atoms with E-state index in [4.69, 9.17) is 4.74 Å². The van der Waals surface area contributed by atoms with E-state index in [0.29, 0.717) is 25.5 Å². The minimum atomic E-state index is -0.169. The van der Waals surface area contributed by atoms with Crippen LogP contribution < -0.4 is 10.6 Å². The van der Waals surface area contributed by atoms with Crippen LogP contribution in [0.15, 0.2) is 18.3 Å². The lowest BCUT2D eigenvalue weighted by Crippen LogP contribution is -2.48. The number of pyridine rings is 1. The fraction of sp³-hybridized carbons (Fsp3) is 0.588. The van der Waals surface area contributed by atoms with Crippen LogP contribution in [0.25, 0.3) is 0 Å². The first-order chi connectivity index (χ1) is 11.6. The Balaban J connectivity index is 1.68. The number of hydrogen-bond acceptors (Lipinski definition) is 4. The van der Waals surface area contributed by atoms with E-state index < -0.39 is 0 Å². The number of carbonyl (C=O) groups is 2. The van der Waals surface area contributed by atoms with Gasteiger partial charge in [0.1, 0.15) is 5.82 Å². The number of urea groups is 1. The molecule has 1 aromatic heterocycles. The SMILES string of the molecule is CCO[C@H]1CCCN(C(=O)NCCC(=O)Nc2ccc(C)cn2)C1. The number of aromatic nitrogens is 1. The van der Waals surface area contributed by atoms with E-state index in [1.807, 2.05) is 19.9 Å². The Hall–Kier alpha value is -2.15. The topological polar surface area (TPSA) is 83.6 Å². The summed E-state index contributed by atoms with van der Waals surface area (Å²) in [5.74, 6) is 0.352. The number of piperidine rings is 1. The van der Waals surface area contributed by atoms with Gasteiger partial charge in [-0.2, -0.15) is 0 Å². The number of anilines is 1. The van der Waals surface area contributed by atoms with Crippen molar-refractivity contribution < 1.29 is 14.3 Å². The summed E-state index contributed by atoms with van der Waals surface area (Å²) in [6, 6.07) is 3.50. The molecule has 2 heterocycles. The average Bonchev–Trinajstić information content (AvgIpc) is 2.57. The second kappa shape index (κ2) is 9.22. The first-order valence-corrected chi connectivity index (χ1v) is 8.45. The monoisotopic (exact) mass is 334 g/mol. The molecule has 1 aliphatic heterocycles. The van der Waals surface area contributed by atoms with Gasteiger partial charge in [0.25, 0.3) is 0 Å². The maximum absolute atomic E-state index is 12.1. The van der Waals surface area contributed by atoms with Gasteiger partial charge in [-0.15, -0.1) is 0 Å². The van der Waals surface area contributed by atoms with Crippen molar-refractivity contribution in [2.45, 2.75) is 39.2 Å². The van der Waals surface area contributed by atoms with Gasteiger partial charge in [0.2, 0.25) is 5.91 Å². The van der Waals surface area contributed by atoms with E-state index in [9.17, 15) is 9.59 Å². The Morgan fingerprint density at radius 2 is 2.25 bits per heavy atom. The number of aryl methyl sites for hydroxylation is 1. The Labute approximate surface area is 142 Å². The van der Waals surface area contributed by atoms with Crippen molar-refractivity contribution >= 4 is 17.8 Å². The molecule has 0 bridgehead atoms. The summed E-state index contributed by atoms with van der Waals surface area (Å²) in [4.78, 5) is 29.9. The van der Waals surface area contributed by atoms with Gasteiger partial charge in [-0.1, -0.05) is 6.07 Å². The molecule has 1 saturated heterocycles. The zero-order valence-corrected chi connectivity index (χ0v) is 14.4. The third kappa shape index (κ3) is 5.81. The van der Waals surface area contributed by atoms with Crippen LogP contribution in [0.2, 0.25) is 0 Å². The second-order valence-corrected chi connectivity index (χ2v) is 5.92. The lowest BCUT2D eigenvalue weighted by atomic mass is 10.1. The molecule has 3 amide bonds. The molecule has 132 valence electrons. The molecule has 0 radical (unpaired) electrons. The largest absolute Gasteiger partial charge is 0.377 e. The lowest BCUT2D eigenvalue weighted by molar-refractivity contribution is -0.116. The number of amides is 3. The standard InChI is InChI=1S/C17H26N4O3/c1-3-24-14-5-4-10-21(12-14)17(23)18-9-8-16(22)20-15-7-6-13(2)11-19-15/h6-7,11,14H,3-5,8-10,12H2,1-2H3,(H,18,23)(H,19,20,22)/t14-/m0/s1. The smallest absolute Gasteiger partial charge is 0.317 e. The number of ether oxygens (including phenoxy) is 1. The molecule has 0 aliphatic carbocycles. The van der Waals surface area contributed by atoms with Crippen LogP contribution in [0.1, 0.15) is 31.7 Å². The van der Waals surface area contributed by atoms with Gasteiger partial charge in [-0.05, 0) is 38.3 Å². The van der Waals surface area contributed by atoms with E-state index in [0.717, 1.165) is 24.9 Å². The van der Waals surface area contributed by atoms with E-state index in [-0.39, 0.29) is 24.5 Å². The van der Waals surface area contributed by atoms with Gasteiger partial charge < -0.3 is 20.3 Å². The predicted octanol–water partition coefficient (Wildman–Crippen LogP) is 1.93. The van der Waals surface area contributed by atoms with Crippen LogP contribution in [-0.4, -0.2) is 54.2 Å². The number of hydrogen-bond donors (Lipinski definition) is 2. The minimum Gasteiger partial charge on any atom is -0.377 e. The van der Waals surface area contributed by atoms with E-state index in [2.05, 4.69) is 15.6 Å². The van der Waals surface area contributed by atoms with E-state index >= 15 is 0 Å². The summed E-state index contributed by atoms with van der Waals surface area (Å²) in [5, 5.41) is 5.50. The number of carbonyl (C=O) groups excluding carboxylic acids is 2. The molecule has 24 heavy (non-hydrogen) atoms. The van der Waals surface area contributed by atoms with Crippen molar-refractivity contribution in [2.75, 3.05) is 31.6 Å². The van der Waals surface area contributed by atoms with Crippen LogP contribution in [-0.2, 0) is 9.53 Å². The second-order valence-electron chi connectivity index (χ2n) is 5.92. The van der Waals surface area contributed by atoms with Gasteiger partial charge in [-0.25, -0.2) is 9.78 Å². The molecule has 1 aliphatic rings. The normalized spacial score (nSPS) is 17.4.